The first-order valence-electron chi connectivity index (χ1n) is 8.91. The molecule has 1 unspecified atom stereocenters. The molecule has 32 heavy (non-hydrogen) atoms. The van der Waals surface area contributed by atoms with Crippen LogP contribution in [0, 0.1) is 0 Å². The standard InChI is InChI=1S/C22H15F6O2P.Li.H/c23-21(24,25)17-7-4-8-18(22(26,27)28)19(17)20(29)31-16-11-9-15(10-12-16)30-13-14-5-2-1-3-6-14;;/h1-12,31H,13H2;;. The zero-order chi connectivity index (χ0) is 22.6. The maximum atomic E-state index is 13.3. The summed E-state index contributed by atoms with van der Waals surface area (Å²) in [5, 5.41) is 0.294. The maximum absolute atomic E-state index is 13.3. The van der Waals surface area contributed by atoms with Gasteiger partial charge in [-0.15, -0.1) is 0 Å². The molecule has 0 fully saturated rings. The van der Waals surface area contributed by atoms with E-state index in [1.807, 2.05) is 30.3 Å². The van der Waals surface area contributed by atoms with Crippen LogP contribution in [0.15, 0.2) is 72.8 Å². The quantitative estimate of drug-likeness (QED) is 0.262. The van der Waals surface area contributed by atoms with Gasteiger partial charge in [0.2, 0.25) is 0 Å². The summed E-state index contributed by atoms with van der Waals surface area (Å²) in [6.07, 6.45) is -10.2. The van der Waals surface area contributed by atoms with Gasteiger partial charge in [0.25, 0.3) is 0 Å². The van der Waals surface area contributed by atoms with E-state index in [9.17, 15) is 31.1 Å². The Balaban J connectivity index is 0.00000363. The van der Waals surface area contributed by atoms with Crippen LogP contribution in [0.3, 0.4) is 0 Å². The van der Waals surface area contributed by atoms with E-state index in [4.69, 9.17) is 4.74 Å². The Hall–Kier alpha value is -2.26. The molecule has 3 aromatic rings. The van der Waals surface area contributed by atoms with Crippen LogP contribution in [0.4, 0.5) is 26.3 Å². The molecule has 0 radical (unpaired) electrons. The van der Waals surface area contributed by atoms with Gasteiger partial charge in [0, 0.05) is 5.56 Å². The number of hydrogen-bond donors (Lipinski definition) is 0. The van der Waals surface area contributed by atoms with E-state index in [0.29, 0.717) is 29.3 Å². The molecule has 0 amide bonds. The van der Waals surface area contributed by atoms with Gasteiger partial charge in [-0.25, -0.2) is 0 Å². The molecule has 3 aromatic carbocycles. The average Bonchev–Trinajstić information content (AvgIpc) is 2.72. The number of carbonyl (C=O) groups excluding carboxylic acids is 1. The molecule has 3 rings (SSSR count). The molecule has 0 aliphatic carbocycles. The molecule has 0 N–H and O–H groups in total. The Morgan fingerprint density at radius 1 is 0.750 bits per heavy atom. The third-order valence-electron chi connectivity index (χ3n) is 4.26. The molecule has 0 saturated heterocycles. The number of halogens is 6. The first-order chi connectivity index (χ1) is 14.6. The molecule has 2 nitrogen and oxygen atoms in total. The second-order valence-corrected chi connectivity index (χ2v) is 7.76. The van der Waals surface area contributed by atoms with Crippen LogP contribution in [0.2, 0.25) is 0 Å². The van der Waals surface area contributed by atoms with Crippen LogP contribution in [0.5, 0.6) is 5.75 Å². The zero-order valence-electron chi connectivity index (χ0n) is 15.7. The Labute approximate surface area is 193 Å². The molecule has 0 saturated carbocycles. The second-order valence-electron chi connectivity index (χ2n) is 6.48. The second kappa shape index (κ2) is 10.6. The summed E-state index contributed by atoms with van der Waals surface area (Å²) >= 11 is 0. The predicted octanol–water partition coefficient (Wildman–Crippen LogP) is 5.80. The van der Waals surface area contributed by atoms with Gasteiger partial charge in [-0.1, -0.05) is 48.5 Å². The van der Waals surface area contributed by atoms with Crippen molar-refractivity contribution in [3.8, 4) is 5.75 Å². The number of ether oxygens (including phenoxy) is 1. The molecule has 164 valence electrons. The predicted molar refractivity (Wildman–Crippen MR) is 113 cm³/mol. The number of carbonyl (C=O) groups is 1. The Morgan fingerprint density at radius 2 is 1.28 bits per heavy atom. The molecule has 0 spiro atoms. The van der Waals surface area contributed by atoms with Crippen molar-refractivity contribution in [1.29, 1.82) is 0 Å². The summed E-state index contributed by atoms with van der Waals surface area (Å²) in [6, 6.07) is 16.8. The van der Waals surface area contributed by atoms with Crippen LogP contribution in [-0.4, -0.2) is 24.4 Å². The Kier molecular flexibility index (Phi) is 8.59. The summed E-state index contributed by atoms with van der Waals surface area (Å²) < 4.78 is 85.1. The average molecular weight is 464 g/mol. The first-order valence-corrected chi connectivity index (χ1v) is 9.91. The number of rotatable bonds is 6. The molecular formula is C22H16F6LiO2P. The minimum absolute atomic E-state index is 0. The Bertz CT molecular complexity index is 1020. The molecule has 0 bridgehead atoms. The van der Waals surface area contributed by atoms with Gasteiger partial charge in [-0.3, -0.25) is 4.79 Å². The van der Waals surface area contributed by atoms with E-state index in [1.54, 1.807) is 0 Å². The van der Waals surface area contributed by atoms with Gasteiger partial charge < -0.3 is 4.74 Å². The van der Waals surface area contributed by atoms with Crippen LogP contribution in [0.25, 0.3) is 0 Å². The minimum atomic E-state index is -5.09. The van der Waals surface area contributed by atoms with E-state index in [1.165, 1.54) is 24.3 Å². The van der Waals surface area contributed by atoms with E-state index in [-0.39, 0.29) is 25.5 Å². The van der Waals surface area contributed by atoms with Crippen molar-refractivity contribution in [3.05, 3.63) is 95.1 Å². The van der Waals surface area contributed by atoms with Crippen molar-refractivity contribution in [2.24, 2.45) is 0 Å². The molecule has 10 heteroatoms. The van der Waals surface area contributed by atoms with Gasteiger partial charge >= 0.3 is 31.2 Å². The van der Waals surface area contributed by atoms with Crippen LogP contribution < -0.4 is 10.0 Å². The van der Waals surface area contributed by atoms with Crippen LogP contribution in [-0.2, 0) is 19.0 Å². The van der Waals surface area contributed by atoms with Gasteiger partial charge in [-0.05, 0) is 43.7 Å². The molecule has 0 aliphatic heterocycles. The summed E-state index contributed by atoms with van der Waals surface area (Å²) in [6.45, 7) is 0.287. The Morgan fingerprint density at radius 3 is 1.78 bits per heavy atom. The zero-order valence-corrected chi connectivity index (χ0v) is 16.7. The van der Waals surface area contributed by atoms with Crippen molar-refractivity contribution in [1.82, 2.24) is 0 Å². The number of benzene rings is 3. The van der Waals surface area contributed by atoms with Crippen LogP contribution >= 0.6 is 8.58 Å². The summed E-state index contributed by atoms with van der Waals surface area (Å²) in [5.41, 5.74) is -4.86. The fourth-order valence-corrected chi connectivity index (χ4v) is 3.83. The number of alkyl halides is 6. The summed E-state index contributed by atoms with van der Waals surface area (Å²) in [5.74, 6) is 0.455. The molecule has 0 aliphatic rings. The van der Waals surface area contributed by atoms with Crippen LogP contribution in [0.1, 0.15) is 27.0 Å². The summed E-state index contributed by atoms with van der Waals surface area (Å²) in [7, 11) is -0.917. The van der Waals surface area contributed by atoms with Gasteiger partial charge in [-0.2, -0.15) is 26.3 Å². The van der Waals surface area contributed by atoms with E-state index in [2.05, 4.69) is 0 Å². The third-order valence-corrected chi connectivity index (χ3v) is 5.36. The van der Waals surface area contributed by atoms with Gasteiger partial charge in [0.1, 0.15) is 12.4 Å². The van der Waals surface area contributed by atoms with Gasteiger partial charge in [0.05, 0.1) is 11.1 Å². The monoisotopic (exact) mass is 464 g/mol. The van der Waals surface area contributed by atoms with Crippen molar-refractivity contribution < 1.29 is 35.9 Å². The SMILES string of the molecule is O=C(Pc1ccc(OCc2ccccc2)cc1)c1c(C(F)(F)F)cccc1C(F)(F)F.[LiH]. The first kappa shape index (κ1) is 26.0. The van der Waals surface area contributed by atoms with Crippen molar-refractivity contribution in [2.45, 2.75) is 19.0 Å². The van der Waals surface area contributed by atoms with Crippen molar-refractivity contribution in [2.75, 3.05) is 0 Å². The number of hydrogen-bond acceptors (Lipinski definition) is 2. The van der Waals surface area contributed by atoms with E-state index >= 15 is 0 Å². The molecule has 1 atom stereocenters. The van der Waals surface area contributed by atoms with Crippen molar-refractivity contribution in [3.63, 3.8) is 0 Å². The van der Waals surface area contributed by atoms with Gasteiger partial charge in [0.15, 0.2) is 5.52 Å². The topological polar surface area (TPSA) is 26.3 Å². The van der Waals surface area contributed by atoms with Crippen molar-refractivity contribution >= 4 is 38.3 Å². The third kappa shape index (κ3) is 6.62. The van der Waals surface area contributed by atoms with E-state index in [0.717, 1.165) is 5.56 Å². The molecule has 0 heterocycles. The fourth-order valence-electron chi connectivity index (χ4n) is 2.84. The normalized spacial score (nSPS) is 11.9. The summed E-state index contributed by atoms with van der Waals surface area (Å²) in [4.78, 5) is 12.5. The fraction of sp³-hybridized carbons (Fsp3) is 0.136. The van der Waals surface area contributed by atoms with E-state index < -0.39 is 43.1 Å². The molecule has 0 aromatic heterocycles. The molecular weight excluding hydrogens is 448 g/mol.